The number of aliphatic hydroxyl groups excluding tert-OH is 1. The highest BCUT2D eigenvalue weighted by Gasteiger charge is 2.64. The summed E-state index contributed by atoms with van der Waals surface area (Å²) in [6, 6.07) is 13.5. The molecule has 2 N–H and O–H groups in total. The Morgan fingerprint density at radius 1 is 1.20 bits per heavy atom. The Hall–Kier alpha value is -4.07. The average Bonchev–Trinajstić information content (AvgIpc) is 3.66. The lowest BCUT2D eigenvalue weighted by molar-refractivity contribution is -0.153. The van der Waals surface area contributed by atoms with Gasteiger partial charge in [0.25, 0.3) is 5.91 Å². The second kappa shape index (κ2) is 11.7. The van der Waals surface area contributed by atoms with Crippen LogP contribution in [0, 0.1) is 5.92 Å². The zero-order valence-electron chi connectivity index (χ0n) is 26.1. The van der Waals surface area contributed by atoms with Gasteiger partial charge in [0.15, 0.2) is 11.8 Å². The summed E-state index contributed by atoms with van der Waals surface area (Å²) in [7, 11) is -0.685. The lowest BCUT2D eigenvalue weighted by Gasteiger charge is -2.39. The van der Waals surface area contributed by atoms with Crippen LogP contribution < -0.4 is 20.1 Å². The summed E-state index contributed by atoms with van der Waals surface area (Å²) < 4.78 is 19.5. The minimum absolute atomic E-state index is 0.00462. The summed E-state index contributed by atoms with van der Waals surface area (Å²) in [5.74, 6) is -0.301. The van der Waals surface area contributed by atoms with Crippen LogP contribution in [0.4, 0.5) is 11.4 Å². The molecule has 238 valence electrons. The molecule has 4 heterocycles. The summed E-state index contributed by atoms with van der Waals surface area (Å²) >= 11 is 0. The molecular weight excluding hydrogens is 594 g/mol. The number of hydrogen-bond acceptors (Lipinski definition) is 9. The summed E-state index contributed by atoms with van der Waals surface area (Å²) in [5.41, 5.74) is 1.31. The Morgan fingerprint density at radius 3 is 2.62 bits per heavy atom. The Bertz CT molecular complexity index is 1630. The molecular formula is C32H39N5O7Si. The number of rotatable bonds is 10. The maximum atomic E-state index is 14.1. The molecule has 1 aromatic heterocycles. The first-order valence-electron chi connectivity index (χ1n) is 15.3. The number of nitrogens with zero attached hydrogens (tertiary/aromatic N) is 4. The van der Waals surface area contributed by atoms with Gasteiger partial charge >= 0.3 is 5.97 Å². The number of aliphatic hydroxyl groups is 1. The lowest BCUT2D eigenvalue weighted by Crippen LogP contribution is -2.55. The highest BCUT2D eigenvalue weighted by atomic mass is 28.3. The van der Waals surface area contributed by atoms with Gasteiger partial charge in [0.2, 0.25) is 5.91 Å². The molecule has 1 spiro atoms. The predicted octanol–water partition coefficient (Wildman–Crippen LogP) is 2.71. The number of fused-ring (bicyclic) bond motifs is 2. The third kappa shape index (κ3) is 5.22. The van der Waals surface area contributed by atoms with Crippen LogP contribution in [-0.2, 0) is 42.4 Å². The maximum absolute atomic E-state index is 14.1. The first-order chi connectivity index (χ1) is 21.5. The number of nitrogens with one attached hydrogen (secondary N) is 1. The molecule has 3 aliphatic heterocycles. The fourth-order valence-electron chi connectivity index (χ4n) is 7.46. The van der Waals surface area contributed by atoms with Crippen LogP contribution in [-0.4, -0.2) is 72.0 Å². The topological polar surface area (TPSA) is 145 Å². The summed E-state index contributed by atoms with van der Waals surface area (Å²) in [4.78, 5) is 39.8. The fourth-order valence-corrected chi connectivity index (χ4v) is 11.5. The van der Waals surface area contributed by atoms with Crippen molar-refractivity contribution in [3.8, 4) is 5.75 Å². The molecule has 13 heteroatoms. The Balaban J connectivity index is 1.38. The van der Waals surface area contributed by atoms with E-state index in [-0.39, 0.29) is 42.4 Å². The van der Waals surface area contributed by atoms with Crippen molar-refractivity contribution in [1.82, 2.24) is 15.0 Å². The quantitative estimate of drug-likeness (QED) is 0.196. The highest BCUT2D eigenvalue weighted by Crippen LogP contribution is 2.59. The minimum atomic E-state index is -2.33. The fraction of sp³-hybridized carbons (Fsp3) is 0.469. The maximum Gasteiger partial charge on any atom is 0.304 e. The summed E-state index contributed by atoms with van der Waals surface area (Å²) in [6.07, 6.45) is 1.98. The van der Waals surface area contributed by atoms with Crippen molar-refractivity contribution in [3.63, 3.8) is 0 Å². The highest BCUT2D eigenvalue weighted by molar-refractivity contribution is 6.91. The first-order valence-corrected chi connectivity index (χ1v) is 18.3. The molecule has 5 atom stereocenters. The zero-order valence-corrected chi connectivity index (χ0v) is 27.1. The standard InChI is InChI=1S/C32H39N5O7Si/c1-19-30(45(4,5)24-9-7-23(42-3)8-10-24)27(12-14-36-18-21(13-15-38)34-35-36)44-32(19)25-16-22(6-11-26(25)33-31(32)41)37-28(40)17-29(37)43-20(2)39/h6-11,16,18-19,27,29-30,38H,12-15,17H2,1-5H3,(H,33,41)/t19-,27+,29?,30-,32+/m1/s1. The largest absolute Gasteiger partial charge is 0.497 e. The van der Waals surface area contributed by atoms with Gasteiger partial charge in [0.1, 0.15) is 5.75 Å². The molecule has 3 aromatic rings. The van der Waals surface area contributed by atoms with E-state index < -0.39 is 25.9 Å². The number of aromatic nitrogens is 3. The van der Waals surface area contributed by atoms with Crippen LogP contribution in [0.2, 0.25) is 18.6 Å². The van der Waals surface area contributed by atoms with Crippen LogP contribution >= 0.6 is 0 Å². The number of aryl methyl sites for hydroxylation is 1. The van der Waals surface area contributed by atoms with Gasteiger partial charge < -0.3 is 24.6 Å². The van der Waals surface area contributed by atoms with E-state index in [9.17, 15) is 19.5 Å². The number of amides is 2. The van der Waals surface area contributed by atoms with E-state index in [0.717, 1.165) is 5.75 Å². The first kappa shape index (κ1) is 30.9. The number of carbonyl (C=O) groups is 3. The second-order valence-electron chi connectivity index (χ2n) is 12.6. The van der Waals surface area contributed by atoms with Crippen LogP contribution in [0.1, 0.15) is 37.9 Å². The molecule has 0 radical (unpaired) electrons. The molecule has 12 nitrogen and oxygen atoms in total. The van der Waals surface area contributed by atoms with Gasteiger partial charge in [-0.25, -0.2) is 0 Å². The monoisotopic (exact) mass is 633 g/mol. The molecule has 0 bridgehead atoms. The molecule has 2 amide bonds. The third-order valence-corrected chi connectivity index (χ3v) is 14.0. The number of carbonyl (C=O) groups excluding carboxylic acids is 3. The van der Waals surface area contributed by atoms with Gasteiger partial charge in [-0.1, -0.05) is 42.6 Å². The molecule has 0 aliphatic carbocycles. The number of hydrogen-bond donors (Lipinski definition) is 2. The Morgan fingerprint density at radius 2 is 1.96 bits per heavy atom. The number of anilines is 2. The smallest absolute Gasteiger partial charge is 0.304 e. The number of esters is 1. The second-order valence-corrected chi connectivity index (χ2v) is 17.3. The van der Waals surface area contributed by atoms with Crippen molar-refractivity contribution in [2.45, 2.75) is 76.2 Å². The third-order valence-electron chi connectivity index (χ3n) is 9.66. The van der Waals surface area contributed by atoms with Crippen molar-refractivity contribution in [2.24, 2.45) is 5.92 Å². The van der Waals surface area contributed by atoms with Gasteiger partial charge in [-0.3, -0.25) is 24.0 Å². The molecule has 45 heavy (non-hydrogen) atoms. The van der Waals surface area contributed by atoms with Crippen LogP contribution in [0.15, 0.2) is 48.7 Å². The van der Waals surface area contributed by atoms with Gasteiger partial charge in [-0.05, 0) is 42.3 Å². The lowest BCUT2D eigenvalue weighted by atomic mass is 9.82. The van der Waals surface area contributed by atoms with E-state index in [1.165, 1.54) is 17.0 Å². The van der Waals surface area contributed by atoms with E-state index in [0.29, 0.717) is 42.0 Å². The van der Waals surface area contributed by atoms with Gasteiger partial charge in [0, 0.05) is 55.5 Å². The van der Waals surface area contributed by atoms with E-state index in [2.05, 4.69) is 47.8 Å². The van der Waals surface area contributed by atoms with E-state index in [1.54, 1.807) is 23.9 Å². The molecule has 0 saturated carbocycles. The van der Waals surface area contributed by atoms with Gasteiger partial charge in [0.05, 0.1) is 33.4 Å². The molecule has 1 unspecified atom stereocenters. The number of methoxy groups -OCH3 is 1. The SMILES string of the molecule is COc1ccc([Si](C)(C)[C@H]2[C@H](CCn3cc(CCO)nn3)O[C@@]3(C(=O)Nc4ccc(N5C(=O)CC5OC(C)=O)cc43)[C@@H]2C)cc1. The van der Waals surface area contributed by atoms with Crippen molar-refractivity contribution in [2.75, 3.05) is 23.9 Å². The van der Waals surface area contributed by atoms with Crippen molar-refractivity contribution in [1.29, 1.82) is 0 Å². The minimum Gasteiger partial charge on any atom is -0.497 e. The van der Waals surface area contributed by atoms with E-state index in [4.69, 9.17) is 14.2 Å². The van der Waals surface area contributed by atoms with Crippen molar-refractivity contribution < 1.29 is 33.7 Å². The Labute approximate surface area is 262 Å². The van der Waals surface area contributed by atoms with Gasteiger partial charge in [-0.15, -0.1) is 5.10 Å². The molecule has 3 aliphatic rings. The zero-order chi connectivity index (χ0) is 32.1. The molecule has 2 aromatic carbocycles. The molecule has 2 saturated heterocycles. The van der Waals surface area contributed by atoms with Gasteiger partial charge in [-0.2, -0.15) is 0 Å². The number of ether oxygens (including phenoxy) is 3. The van der Waals surface area contributed by atoms with E-state index >= 15 is 0 Å². The normalized spacial score (nSPS) is 25.7. The van der Waals surface area contributed by atoms with Crippen molar-refractivity contribution in [3.05, 3.63) is 59.9 Å². The molecule has 6 rings (SSSR count). The molecule has 2 fully saturated rings. The van der Waals surface area contributed by atoms with Crippen LogP contribution in [0.5, 0.6) is 5.75 Å². The average molecular weight is 634 g/mol. The Kier molecular flexibility index (Phi) is 8.04. The van der Waals surface area contributed by atoms with Crippen LogP contribution in [0.25, 0.3) is 0 Å². The van der Waals surface area contributed by atoms with Crippen LogP contribution in [0.3, 0.4) is 0 Å². The predicted molar refractivity (Wildman–Crippen MR) is 168 cm³/mol. The summed E-state index contributed by atoms with van der Waals surface area (Å²) in [5, 5.41) is 22.0. The van der Waals surface area contributed by atoms with E-state index in [1.807, 2.05) is 24.4 Å². The summed E-state index contributed by atoms with van der Waals surface area (Å²) in [6.45, 7) is 8.55. The number of β-lactam (4-membered cyclic amide) rings is 1. The number of benzene rings is 2. The van der Waals surface area contributed by atoms with Crippen molar-refractivity contribution >= 4 is 42.4 Å².